The minimum Gasteiger partial charge on any atom is -0.360 e. The third-order valence-corrected chi connectivity index (χ3v) is 6.93. The van der Waals surface area contributed by atoms with Crippen molar-refractivity contribution in [2.45, 2.75) is 0 Å². The number of thiazole rings is 1. The van der Waals surface area contributed by atoms with Crippen LogP contribution in [0.1, 0.15) is 0 Å². The number of rotatable bonds is 4. The number of H-pyrrole nitrogens is 1. The maximum atomic E-state index is 11.2. The van der Waals surface area contributed by atoms with Crippen molar-refractivity contribution in [1.29, 1.82) is 0 Å². The van der Waals surface area contributed by atoms with Crippen LogP contribution in [0.4, 0.5) is 17.2 Å². The Hall–Kier alpha value is -3.69. The highest BCUT2D eigenvalue weighted by Crippen LogP contribution is 2.40. The van der Waals surface area contributed by atoms with E-state index >= 15 is 0 Å². The molecule has 0 aliphatic rings. The van der Waals surface area contributed by atoms with E-state index in [1.807, 2.05) is 53.1 Å². The Morgan fingerprint density at radius 1 is 1.09 bits per heavy atom. The first kappa shape index (κ1) is 19.0. The molecule has 0 atom stereocenters. The summed E-state index contributed by atoms with van der Waals surface area (Å²) in [6.07, 6.45) is 1.97. The number of anilines is 2. The molecular formula is C23H14BrN5O2S. The largest absolute Gasteiger partial charge is 0.360 e. The van der Waals surface area contributed by atoms with Crippen LogP contribution in [0.3, 0.4) is 0 Å². The normalized spacial score (nSPS) is 11.5. The Labute approximate surface area is 193 Å². The monoisotopic (exact) mass is 503 g/mol. The van der Waals surface area contributed by atoms with E-state index in [1.54, 1.807) is 12.1 Å². The molecule has 0 radical (unpaired) electrons. The zero-order chi connectivity index (χ0) is 21.8. The second-order valence-electron chi connectivity index (χ2n) is 7.32. The molecule has 156 valence electrons. The van der Waals surface area contributed by atoms with E-state index in [1.165, 1.54) is 17.4 Å². The molecule has 0 saturated heterocycles. The van der Waals surface area contributed by atoms with Crippen molar-refractivity contribution in [1.82, 2.24) is 14.4 Å². The summed E-state index contributed by atoms with van der Waals surface area (Å²) in [5, 5.41) is 15.8. The van der Waals surface area contributed by atoms with Crippen LogP contribution in [-0.2, 0) is 0 Å². The van der Waals surface area contributed by atoms with Crippen LogP contribution in [0.15, 0.2) is 77.4 Å². The fraction of sp³-hybridized carbons (Fsp3) is 0. The molecule has 3 aromatic heterocycles. The first-order chi connectivity index (χ1) is 15.6. The van der Waals surface area contributed by atoms with Crippen molar-refractivity contribution < 1.29 is 4.92 Å². The van der Waals surface area contributed by atoms with Gasteiger partial charge in [0.15, 0.2) is 4.96 Å². The average molecular weight is 504 g/mol. The first-order valence-electron chi connectivity index (χ1n) is 9.77. The topological polar surface area (TPSA) is 88.3 Å². The summed E-state index contributed by atoms with van der Waals surface area (Å²) < 4.78 is 3.83. The summed E-state index contributed by atoms with van der Waals surface area (Å²) in [4.78, 5) is 19.9. The number of nitro groups is 1. The number of aromatic nitrogens is 3. The molecule has 32 heavy (non-hydrogen) atoms. The predicted octanol–water partition coefficient (Wildman–Crippen LogP) is 7.11. The number of hydrogen-bond donors (Lipinski definition) is 2. The Kier molecular flexibility index (Phi) is 4.27. The number of nitrogens with zero attached hydrogens (tertiary/aromatic N) is 3. The molecule has 0 saturated carbocycles. The van der Waals surface area contributed by atoms with Gasteiger partial charge in [-0.15, -0.1) is 0 Å². The van der Waals surface area contributed by atoms with Crippen LogP contribution >= 0.6 is 27.3 Å². The van der Waals surface area contributed by atoms with Gasteiger partial charge in [-0.05, 0) is 36.4 Å². The highest BCUT2D eigenvalue weighted by atomic mass is 79.9. The Morgan fingerprint density at radius 2 is 1.91 bits per heavy atom. The molecule has 9 heteroatoms. The Bertz CT molecular complexity index is 1650. The van der Waals surface area contributed by atoms with E-state index in [0.717, 1.165) is 53.3 Å². The van der Waals surface area contributed by atoms with Crippen LogP contribution in [0.25, 0.3) is 37.3 Å². The van der Waals surface area contributed by atoms with Crippen LogP contribution < -0.4 is 5.32 Å². The van der Waals surface area contributed by atoms with E-state index in [4.69, 9.17) is 4.98 Å². The predicted molar refractivity (Wildman–Crippen MR) is 132 cm³/mol. The van der Waals surface area contributed by atoms with E-state index in [9.17, 15) is 10.1 Å². The molecule has 0 amide bonds. The lowest BCUT2D eigenvalue weighted by molar-refractivity contribution is -0.384. The van der Waals surface area contributed by atoms with Gasteiger partial charge in [-0.1, -0.05) is 45.5 Å². The number of benzene rings is 3. The van der Waals surface area contributed by atoms with Crippen molar-refractivity contribution in [2.75, 3.05) is 5.32 Å². The minimum absolute atomic E-state index is 0.0706. The summed E-state index contributed by atoms with van der Waals surface area (Å²) in [7, 11) is 0. The van der Waals surface area contributed by atoms with E-state index in [2.05, 4.69) is 32.3 Å². The molecule has 0 aliphatic carbocycles. The average Bonchev–Trinajstić information content (AvgIpc) is 3.46. The molecule has 0 bridgehead atoms. The van der Waals surface area contributed by atoms with Gasteiger partial charge in [-0.2, -0.15) is 0 Å². The molecule has 2 N–H and O–H groups in total. The van der Waals surface area contributed by atoms with Gasteiger partial charge in [0.1, 0.15) is 11.5 Å². The minimum atomic E-state index is -0.375. The van der Waals surface area contributed by atoms with E-state index in [-0.39, 0.29) is 10.6 Å². The van der Waals surface area contributed by atoms with Crippen LogP contribution in [0, 0.1) is 10.1 Å². The van der Waals surface area contributed by atoms with Gasteiger partial charge in [-0.3, -0.25) is 14.5 Å². The molecule has 0 fully saturated rings. The fourth-order valence-electron chi connectivity index (χ4n) is 3.91. The second-order valence-corrected chi connectivity index (χ2v) is 9.24. The van der Waals surface area contributed by atoms with Crippen molar-refractivity contribution in [2.24, 2.45) is 0 Å². The smallest absolute Gasteiger partial charge is 0.270 e. The summed E-state index contributed by atoms with van der Waals surface area (Å²) in [5.74, 6) is 0.812. The molecule has 0 aliphatic heterocycles. The Balaban J connectivity index is 1.62. The molecule has 3 aromatic carbocycles. The SMILES string of the molecule is O=[N+]([O-])c1ccc2c(c1)sc1nc(-c3c[nH]c4ccccc34)c(Nc3ccc(Br)cc3)n12. The molecule has 0 spiro atoms. The van der Waals surface area contributed by atoms with Crippen LogP contribution in [0.5, 0.6) is 0 Å². The first-order valence-corrected chi connectivity index (χ1v) is 11.4. The van der Waals surface area contributed by atoms with Gasteiger partial charge in [0.2, 0.25) is 0 Å². The molecule has 0 unspecified atom stereocenters. The van der Waals surface area contributed by atoms with Crippen LogP contribution in [0.2, 0.25) is 0 Å². The molecular weight excluding hydrogens is 490 g/mol. The number of fused-ring (bicyclic) bond motifs is 4. The molecule has 6 aromatic rings. The zero-order valence-electron chi connectivity index (χ0n) is 16.4. The molecule has 7 nitrogen and oxygen atoms in total. The van der Waals surface area contributed by atoms with Crippen molar-refractivity contribution in [3.05, 3.63) is 87.5 Å². The molecule has 3 heterocycles. The third kappa shape index (κ3) is 2.97. The lowest BCUT2D eigenvalue weighted by Crippen LogP contribution is -1.96. The number of halogens is 1. The summed E-state index contributed by atoms with van der Waals surface area (Å²) in [6.45, 7) is 0. The second kappa shape index (κ2) is 7.18. The maximum Gasteiger partial charge on any atom is 0.270 e. The number of imidazole rings is 1. The number of non-ortho nitro benzene ring substituents is 1. The van der Waals surface area contributed by atoms with Crippen molar-refractivity contribution in [3.8, 4) is 11.3 Å². The van der Waals surface area contributed by atoms with E-state index < -0.39 is 0 Å². The van der Waals surface area contributed by atoms with Gasteiger partial charge in [0.05, 0.1) is 15.1 Å². The summed E-state index contributed by atoms with van der Waals surface area (Å²) in [6, 6.07) is 20.9. The van der Waals surface area contributed by atoms with Crippen LogP contribution in [-0.4, -0.2) is 19.3 Å². The number of hydrogen-bond acceptors (Lipinski definition) is 5. The van der Waals surface area contributed by atoms with E-state index in [0.29, 0.717) is 0 Å². The number of aromatic amines is 1. The van der Waals surface area contributed by atoms with Crippen molar-refractivity contribution in [3.63, 3.8) is 0 Å². The highest BCUT2D eigenvalue weighted by Gasteiger charge is 2.22. The summed E-state index contributed by atoms with van der Waals surface area (Å²) >= 11 is 4.91. The van der Waals surface area contributed by atoms with Gasteiger partial charge >= 0.3 is 0 Å². The Morgan fingerprint density at radius 3 is 2.72 bits per heavy atom. The number of nitro benzene ring substituents is 1. The lowest BCUT2D eigenvalue weighted by atomic mass is 10.1. The quantitative estimate of drug-likeness (QED) is 0.198. The summed E-state index contributed by atoms with van der Waals surface area (Å²) in [5.41, 5.74) is 4.70. The number of nitrogens with one attached hydrogen (secondary N) is 2. The lowest BCUT2D eigenvalue weighted by Gasteiger charge is -2.09. The molecule has 6 rings (SSSR count). The van der Waals surface area contributed by atoms with Gasteiger partial charge in [-0.25, -0.2) is 4.98 Å². The standard InChI is InChI=1S/C23H14BrN5O2S/c24-13-5-7-14(8-6-13)26-22-21(17-12-25-18-4-2-1-3-16(17)18)27-23-28(22)19-10-9-15(29(30)31)11-20(19)32-23/h1-12,25-26H. The van der Waals surface area contributed by atoms with Gasteiger partial charge in [0.25, 0.3) is 5.69 Å². The van der Waals surface area contributed by atoms with Gasteiger partial charge < -0.3 is 10.3 Å². The maximum absolute atomic E-state index is 11.2. The number of para-hydroxylation sites is 1. The fourth-order valence-corrected chi connectivity index (χ4v) is 5.24. The highest BCUT2D eigenvalue weighted by molar-refractivity contribution is 9.10. The van der Waals surface area contributed by atoms with Crippen molar-refractivity contribution >= 4 is 70.5 Å². The third-order valence-electron chi connectivity index (χ3n) is 5.39. The van der Waals surface area contributed by atoms with Gasteiger partial charge in [0, 0.05) is 45.0 Å². The zero-order valence-corrected chi connectivity index (χ0v) is 18.8.